The van der Waals surface area contributed by atoms with Crippen molar-refractivity contribution in [1.82, 2.24) is 0 Å². The Morgan fingerprint density at radius 1 is 0.889 bits per heavy atom. The van der Waals surface area contributed by atoms with Crippen LogP contribution < -0.4 is 0 Å². The lowest BCUT2D eigenvalue weighted by Gasteiger charge is -2.38. The van der Waals surface area contributed by atoms with Crippen molar-refractivity contribution in [2.24, 2.45) is 0 Å². The number of alkyl halides is 3. The summed E-state index contributed by atoms with van der Waals surface area (Å²) in [5.74, 6) is 0. The highest BCUT2D eigenvalue weighted by atomic mass is 19.4. The lowest BCUT2D eigenvalue weighted by Crippen LogP contribution is -2.46. The van der Waals surface area contributed by atoms with Crippen LogP contribution in [0.1, 0.15) is 38.8 Å². The van der Waals surface area contributed by atoms with Gasteiger partial charge in [-0.3, -0.25) is 0 Å². The molecule has 1 aromatic carbocycles. The van der Waals surface area contributed by atoms with E-state index in [2.05, 4.69) is 0 Å². The van der Waals surface area contributed by atoms with Crippen LogP contribution in [-0.4, -0.2) is 11.8 Å². The Labute approximate surface area is 106 Å². The van der Waals surface area contributed by atoms with E-state index in [0.29, 0.717) is 0 Å². The zero-order valence-electron chi connectivity index (χ0n) is 11.4. The number of hydrogen-bond donors (Lipinski definition) is 0. The Kier molecular flexibility index (Phi) is 3.82. The summed E-state index contributed by atoms with van der Waals surface area (Å²) in [7, 11) is 0. The second-order valence-corrected chi connectivity index (χ2v) is 5.61. The summed E-state index contributed by atoms with van der Waals surface area (Å²) < 4.78 is 45.2. The van der Waals surface area contributed by atoms with E-state index in [1.54, 1.807) is 32.9 Å². The molecule has 102 valence electrons. The van der Waals surface area contributed by atoms with E-state index in [1.165, 1.54) is 12.1 Å². The largest absolute Gasteiger partial charge is 0.421 e. The Bertz CT molecular complexity index is 401. The highest BCUT2D eigenvalue weighted by Crippen LogP contribution is 2.44. The van der Waals surface area contributed by atoms with E-state index in [4.69, 9.17) is 4.74 Å². The summed E-state index contributed by atoms with van der Waals surface area (Å²) >= 11 is 0. The van der Waals surface area contributed by atoms with Gasteiger partial charge in [0.05, 0.1) is 5.60 Å². The normalized spacial score (nSPS) is 16.4. The van der Waals surface area contributed by atoms with Gasteiger partial charge >= 0.3 is 6.18 Å². The molecule has 0 aromatic heterocycles. The van der Waals surface area contributed by atoms with Crippen LogP contribution in [0.3, 0.4) is 0 Å². The van der Waals surface area contributed by atoms with Crippen LogP contribution >= 0.6 is 0 Å². The van der Waals surface area contributed by atoms with Crippen LogP contribution in [0.25, 0.3) is 0 Å². The van der Waals surface area contributed by atoms with Crippen molar-refractivity contribution in [2.75, 3.05) is 0 Å². The van der Waals surface area contributed by atoms with Gasteiger partial charge in [0, 0.05) is 0 Å². The fourth-order valence-electron chi connectivity index (χ4n) is 1.76. The van der Waals surface area contributed by atoms with Crippen LogP contribution in [0.2, 0.25) is 0 Å². The van der Waals surface area contributed by atoms with Gasteiger partial charge < -0.3 is 4.74 Å². The van der Waals surface area contributed by atoms with Crippen molar-refractivity contribution in [1.29, 1.82) is 0 Å². The summed E-state index contributed by atoms with van der Waals surface area (Å²) in [6, 6.07) is 6.25. The Morgan fingerprint density at radius 3 is 1.67 bits per heavy atom. The first-order valence-electron chi connectivity index (χ1n) is 5.80. The lowest BCUT2D eigenvalue weighted by atomic mass is 9.93. The number of aryl methyl sites for hydroxylation is 1. The molecule has 1 atom stereocenters. The van der Waals surface area contributed by atoms with Crippen molar-refractivity contribution in [3.63, 3.8) is 0 Å². The SMILES string of the molecule is Cc1ccc(C(C)(OC(C)(C)C)C(F)(F)F)cc1. The van der Waals surface area contributed by atoms with E-state index in [1.807, 2.05) is 6.92 Å². The minimum absolute atomic E-state index is 0.121. The quantitative estimate of drug-likeness (QED) is 0.755. The third-order valence-electron chi connectivity index (χ3n) is 2.65. The Morgan fingerprint density at radius 2 is 1.33 bits per heavy atom. The van der Waals surface area contributed by atoms with Gasteiger partial charge in [0.1, 0.15) is 0 Å². The highest BCUT2D eigenvalue weighted by molar-refractivity contribution is 5.27. The molecule has 0 aliphatic carbocycles. The zero-order chi connectivity index (χ0) is 14.2. The third-order valence-corrected chi connectivity index (χ3v) is 2.65. The molecular formula is C14H19F3O. The third kappa shape index (κ3) is 3.25. The molecule has 0 heterocycles. The van der Waals surface area contributed by atoms with Crippen molar-refractivity contribution < 1.29 is 17.9 Å². The molecule has 0 amide bonds. The van der Waals surface area contributed by atoms with Gasteiger partial charge in [0.15, 0.2) is 5.60 Å². The summed E-state index contributed by atoms with van der Waals surface area (Å²) in [5.41, 5.74) is -2.14. The summed E-state index contributed by atoms with van der Waals surface area (Å²) in [6.45, 7) is 7.75. The molecule has 18 heavy (non-hydrogen) atoms. The van der Waals surface area contributed by atoms with Crippen LogP contribution in [0, 0.1) is 6.92 Å². The molecule has 0 spiro atoms. The van der Waals surface area contributed by atoms with E-state index in [0.717, 1.165) is 12.5 Å². The number of benzene rings is 1. The molecule has 4 heteroatoms. The first kappa shape index (κ1) is 15.0. The van der Waals surface area contributed by atoms with Gasteiger partial charge in [-0.1, -0.05) is 29.8 Å². The monoisotopic (exact) mass is 260 g/mol. The predicted molar refractivity (Wildman–Crippen MR) is 65.4 cm³/mol. The van der Waals surface area contributed by atoms with Crippen LogP contribution in [0.4, 0.5) is 13.2 Å². The molecule has 0 saturated heterocycles. The van der Waals surface area contributed by atoms with Gasteiger partial charge in [0.2, 0.25) is 0 Å². The molecule has 0 saturated carbocycles. The van der Waals surface area contributed by atoms with E-state index in [9.17, 15) is 13.2 Å². The topological polar surface area (TPSA) is 9.23 Å². The number of halogens is 3. The van der Waals surface area contributed by atoms with Crippen LogP contribution in [-0.2, 0) is 10.3 Å². The molecule has 0 aliphatic rings. The molecule has 0 radical (unpaired) electrons. The van der Waals surface area contributed by atoms with Crippen molar-refractivity contribution in [2.45, 2.75) is 52.0 Å². The van der Waals surface area contributed by atoms with Crippen molar-refractivity contribution in [3.8, 4) is 0 Å². The highest BCUT2D eigenvalue weighted by Gasteiger charge is 2.55. The van der Waals surface area contributed by atoms with E-state index < -0.39 is 17.4 Å². The standard InChI is InChI=1S/C14H19F3O/c1-10-6-8-11(9-7-10)13(5,14(15,16)17)18-12(2,3)4/h6-9H,1-5H3. The van der Waals surface area contributed by atoms with Crippen LogP contribution in [0.5, 0.6) is 0 Å². The van der Waals surface area contributed by atoms with E-state index >= 15 is 0 Å². The maximum absolute atomic E-state index is 13.3. The van der Waals surface area contributed by atoms with Gasteiger partial charge in [-0.2, -0.15) is 13.2 Å². The number of ether oxygens (including phenoxy) is 1. The van der Waals surface area contributed by atoms with Gasteiger partial charge in [0.25, 0.3) is 0 Å². The molecule has 0 bridgehead atoms. The van der Waals surface area contributed by atoms with Crippen molar-refractivity contribution >= 4 is 0 Å². The summed E-state index contributed by atoms with van der Waals surface area (Å²) in [5, 5.41) is 0. The van der Waals surface area contributed by atoms with Gasteiger partial charge in [-0.15, -0.1) is 0 Å². The van der Waals surface area contributed by atoms with E-state index in [-0.39, 0.29) is 5.56 Å². The number of rotatable bonds is 2. The molecule has 1 rings (SSSR count). The Balaban J connectivity index is 3.25. The molecular weight excluding hydrogens is 241 g/mol. The molecule has 0 aliphatic heterocycles. The fraction of sp³-hybridized carbons (Fsp3) is 0.571. The minimum Gasteiger partial charge on any atom is -0.355 e. The fourth-order valence-corrected chi connectivity index (χ4v) is 1.76. The molecule has 0 N–H and O–H groups in total. The first-order valence-corrected chi connectivity index (χ1v) is 5.80. The number of hydrogen-bond acceptors (Lipinski definition) is 1. The predicted octanol–water partition coefficient (Wildman–Crippen LogP) is 4.59. The van der Waals surface area contributed by atoms with Gasteiger partial charge in [-0.25, -0.2) is 0 Å². The lowest BCUT2D eigenvalue weighted by molar-refractivity contribution is -0.303. The first-order chi connectivity index (χ1) is 7.96. The summed E-state index contributed by atoms with van der Waals surface area (Å²) in [4.78, 5) is 0. The maximum Gasteiger partial charge on any atom is 0.421 e. The second kappa shape index (κ2) is 4.57. The van der Waals surface area contributed by atoms with Gasteiger partial charge in [-0.05, 0) is 40.2 Å². The molecule has 0 fully saturated rings. The average Bonchev–Trinajstić information content (AvgIpc) is 2.13. The zero-order valence-corrected chi connectivity index (χ0v) is 11.4. The summed E-state index contributed by atoms with van der Waals surface area (Å²) in [6.07, 6.45) is -4.46. The molecule has 1 aromatic rings. The Hall–Kier alpha value is -1.03. The average molecular weight is 260 g/mol. The van der Waals surface area contributed by atoms with Crippen LogP contribution in [0.15, 0.2) is 24.3 Å². The second-order valence-electron chi connectivity index (χ2n) is 5.61. The minimum atomic E-state index is -4.46. The molecule has 1 unspecified atom stereocenters. The maximum atomic E-state index is 13.3. The van der Waals surface area contributed by atoms with Crippen molar-refractivity contribution in [3.05, 3.63) is 35.4 Å². The smallest absolute Gasteiger partial charge is 0.355 e. The molecule has 1 nitrogen and oxygen atoms in total.